The molecule has 3 nitrogen and oxygen atoms in total. The average Bonchev–Trinajstić information content (AvgIpc) is 2.90. The predicted octanol–water partition coefficient (Wildman–Crippen LogP) is 0.539. The molecule has 2 saturated heterocycles. The summed E-state index contributed by atoms with van der Waals surface area (Å²) in [6.07, 6.45) is 5.28. The summed E-state index contributed by atoms with van der Waals surface area (Å²) in [5.74, 6) is 0.639. The number of hydrogen-bond acceptors (Lipinski definition) is 3. The Balaban J connectivity index is 1.36. The minimum Gasteiger partial charge on any atom is -0.387 e. The number of hydrogen-bond donors (Lipinski definition) is 1. The molecule has 2 heterocycles. The lowest BCUT2D eigenvalue weighted by Gasteiger charge is -2.47. The van der Waals surface area contributed by atoms with Crippen molar-refractivity contribution >= 4 is 0 Å². The first-order chi connectivity index (χ1) is 7.26. The van der Waals surface area contributed by atoms with Crippen molar-refractivity contribution in [3.05, 3.63) is 0 Å². The molecule has 0 amide bonds. The van der Waals surface area contributed by atoms with E-state index in [-0.39, 0.29) is 5.60 Å². The van der Waals surface area contributed by atoms with E-state index in [4.69, 9.17) is 0 Å². The fraction of sp³-hybridized carbons (Fsp3) is 1.00. The van der Waals surface area contributed by atoms with Crippen molar-refractivity contribution < 1.29 is 5.11 Å². The van der Waals surface area contributed by atoms with E-state index in [0.717, 1.165) is 19.6 Å². The first-order valence-electron chi connectivity index (χ1n) is 6.43. The van der Waals surface area contributed by atoms with Crippen LogP contribution in [0.1, 0.15) is 25.7 Å². The molecule has 0 bridgehead atoms. The standard InChI is InChI=1S/C12H22N2O/c15-12(11-3-4-11)9-14(10-12)8-7-13-5-1-2-6-13/h11,15H,1-10H2. The minimum atomic E-state index is -0.287. The fourth-order valence-corrected chi connectivity index (χ4v) is 3.05. The van der Waals surface area contributed by atoms with Gasteiger partial charge in [-0.05, 0) is 44.7 Å². The maximum atomic E-state index is 10.2. The van der Waals surface area contributed by atoms with Gasteiger partial charge in [-0.2, -0.15) is 0 Å². The molecule has 0 aromatic carbocycles. The van der Waals surface area contributed by atoms with E-state index in [1.54, 1.807) is 0 Å². The van der Waals surface area contributed by atoms with Gasteiger partial charge >= 0.3 is 0 Å². The Morgan fingerprint density at radius 3 is 2.20 bits per heavy atom. The van der Waals surface area contributed by atoms with Crippen molar-refractivity contribution in [1.82, 2.24) is 9.80 Å². The molecular formula is C12H22N2O. The molecule has 1 aliphatic carbocycles. The highest BCUT2D eigenvalue weighted by Crippen LogP contribution is 2.44. The minimum absolute atomic E-state index is 0.287. The number of rotatable bonds is 4. The molecule has 0 radical (unpaired) electrons. The van der Waals surface area contributed by atoms with Gasteiger partial charge in [0.15, 0.2) is 0 Å². The molecule has 15 heavy (non-hydrogen) atoms. The lowest BCUT2D eigenvalue weighted by atomic mass is 9.89. The van der Waals surface area contributed by atoms with Crippen molar-refractivity contribution in [3.8, 4) is 0 Å². The third kappa shape index (κ3) is 2.05. The molecule has 3 aliphatic rings. The second-order valence-electron chi connectivity index (χ2n) is 5.64. The van der Waals surface area contributed by atoms with Crippen LogP contribution in [-0.2, 0) is 0 Å². The smallest absolute Gasteiger partial charge is 0.0928 e. The quantitative estimate of drug-likeness (QED) is 0.733. The van der Waals surface area contributed by atoms with Gasteiger partial charge in [-0.25, -0.2) is 0 Å². The van der Waals surface area contributed by atoms with Gasteiger partial charge in [0.25, 0.3) is 0 Å². The Bertz CT molecular complexity index is 228. The van der Waals surface area contributed by atoms with Crippen LogP contribution in [0.2, 0.25) is 0 Å². The molecule has 1 saturated carbocycles. The second-order valence-corrected chi connectivity index (χ2v) is 5.64. The van der Waals surface area contributed by atoms with Gasteiger partial charge in [0.05, 0.1) is 5.60 Å². The fourth-order valence-electron chi connectivity index (χ4n) is 3.05. The van der Waals surface area contributed by atoms with E-state index >= 15 is 0 Å². The summed E-state index contributed by atoms with van der Waals surface area (Å²) in [7, 11) is 0. The van der Waals surface area contributed by atoms with Crippen LogP contribution >= 0.6 is 0 Å². The molecule has 0 atom stereocenters. The van der Waals surface area contributed by atoms with E-state index in [9.17, 15) is 5.11 Å². The highest BCUT2D eigenvalue weighted by atomic mass is 16.3. The molecule has 2 aliphatic heterocycles. The number of β-amino-alcohol motifs (C(OH)–C–C–N with tert-alkyl or cyclic N) is 1. The van der Waals surface area contributed by atoms with E-state index in [1.807, 2.05) is 0 Å². The summed E-state index contributed by atoms with van der Waals surface area (Å²) in [6.45, 7) is 6.83. The van der Waals surface area contributed by atoms with Crippen molar-refractivity contribution in [1.29, 1.82) is 0 Å². The Morgan fingerprint density at radius 1 is 1.00 bits per heavy atom. The second kappa shape index (κ2) is 3.72. The van der Waals surface area contributed by atoms with E-state index in [2.05, 4.69) is 9.80 Å². The Labute approximate surface area is 92.1 Å². The summed E-state index contributed by atoms with van der Waals surface area (Å²) < 4.78 is 0. The van der Waals surface area contributed by atoms with Crippen molar-refractivity contribution in [2.75, 3.05) is 39.3 Å². The third-order valence-corrected chi connectivity index (χ3v) is 4.26. The first kappa shape index (κ1) is 10.1. The Hall–Kier alpha value is -0.120. The topological polar surface area (TPSA) is 26.7 Å². The summed E-state index contributed by atoms with van der Waals surface area (Å²) in [6, 6.07) is 0. The highest BCUT2D eigenvalue weighted by Gasteiger charge is 2.51. The summed E-state index contributed by atoms with van der Waals surface area (Å²) in [5, 5.41) is 10.2. The van der Waals surface area contributed by atoms with Crippen LogP contribution in [0.15, 0.2) is 0 Å². The van der Waals surface area contributed by atoms with Crippen LogP contribution in [0, 0.1) is 5.92 Å². The Kier molecular flexibility index (Phi) is 2.49. The van der Waals surface area contributed by atoms with Gasteiger partial charge in [0, 0.05) is 26.2 Å². The molecule has 0 aromatic rings. The molecular weight excluding hydrogens is 188 g/mol. The summed E-state index contributed by atoms with van der Waals surface area (Å²) in [4.78, 5) is 4.96. The lowest BCUT2D eigenvalue weighted by Crippen LogP contribution is -2.63. The molecule has 86 valence electrons. The highest BCUT2D eigenvalue weighted by molar-refractivity contribution is 5.05. The zero-order valence-corrected chi connectivity index (χ0v) is 9.49. The molecule has 1 N–H and O–H groups in total. The van der Waals surface area contributed by atoms with Crippen molar-refractivity contribution in [3.63, 3.8) is 0 Å². The van der Waals surface area contributed by atoms with Gasteiger partial charge in [0.2, 0.25) is 0 Å². The van der Waals surface area contributed by atoms with Crippen LogP contribution < -0.4 is 0 Å². The van der Waals surface area contributed by atoms with Crippen LogP contribution in [0.3, 0.4) is 0 Å². The van der Waals surface area contributed by atoms with Crippen molar-refractivity contribution in [2.45, 2.75) is 31.3 Å². The van der Waals surface area contributed by atoms with Crippen molar-refractivity contribution in [2.24, 2.45) is 5.92 Å². The van der Waals surface area contributed by atoms with Crippen LogP contribution in [0.25, 0.3) is 0 Å². The summed E-state index contributed by atoms with van der Waals surface area (Å²) >= 11 is 0. The van der Waals surface area contributed by atoms with E-state index in [0.29, 0.717) is 5.92 Å². The number of aliphatic hydroxyl groups is 1. The van der Waals surface area contributed by atoms with Crippen LogP contribution in [-0.4, -0.2) is 59.8 Å². The lowest BCUT2D eigenvalue weighted by molar-refractivity contribution is -0.114. The largest absolute Gasteiger partial charge is 0.387 e. The SMILES string of the molecule is OC1(C2CC2)CN(CCN2CCCC2)C1. The molecule has 3 fully saturated rings. The predicted molar refractivity (Wildman–Crippen MR) is 59.8 cm³/mol. The van der Waals surface area contributed by atoms with E-state index < -0.39 is 0 Å². The van der Waals surface area contributed by atoms with Gasteiger partial charge in [-0.1, -0.05) is 0 Å². The first-order valence-corrected chi connectivity index (χ1v) is 6.43. The molecule has 3 heteroatoms. The maximum Gasteiger partial charge on any atom is 0.0928 e. The van der Waals surface area contributed by atoms with Crippen LogP contribution in [0.4, 0.5) is 0 Å². The van der Waals surface area contributed by atoms with Gasteiger partial charge in [-0.15, -0.1) is 0 Å². The molecule has 0 aromatic heterocycles. The summed E-state index contributed by atoms with van der Waals surface area (Å²) in [5.41, 5.74) is -0.287. The van der Waals surface area contributed by atoms with Crippen LogP contribution in [0.5, 0.6) is 0 Å². The van der Waals surface area contributed by atoms with E-state index in [1.165, 1.54) is 45.3 Å². The third-order valence-electron chi connectivity index (χ3n) is 4.26. The Morgan fingerprint density at radius 2 is 1.60 bits per heavy atom. The number of nitrogens with zero attached hydrogens (tertiary/aromatic N) is 2. The maximum absolute atomic E-state index is 10.2. The zero-order valence-electron chi connectivity index (χ0n) is 9.49. The number of likely N-dealkylation sites (tertiary alicyclic amines) is 2. The monoisotopic (exact) mass is 210 g/mol. The molecule has 3 rings (SSSR count). The normalized spacial score (nSPS) is 31.8. The van der Waals surface area contributed by atoms with Gasteiger partial charge in [0.1, 0.15) is 0 Å². The van der Waals surface area contributed by atoms with Gasteiger partial charge < -0.3 is 10.0 Å². The molecule has 0 unspecified atom stereocenters. The van der Waals surface area contributed by atoms with Gasteiger partial charge in [-0.3, -0.25) is 4.90 Å². The average molecular weight is 210 g/mol. The zero-order chi connectivity index (χ0) is 10.3. The molecule has 0 spiro atoms.